The first-order chi connectivity index (χ1) is 10.7. The largest absolute Gasteiger partial charge is 0.497 e. The molecule has 1 aliphatic heterocycles. The van der Waals surface area contributed by atoms with E-state index in [1.54, 1.807) is 14.2 Å². The molecule has 2 aromatic carbocycles. The molecule has 1 heterocycles. The van der Waals surface area contributed by atoms with Crippen LogP contribution >= 0.6 is 0 Å². The summed E-state index contributed by atoms with van der Waals surface area (Å²) in [6.07, 6.45) is 1.12. The predicted molar refractivity (Wildman–Crippen MR) is 87.2 cm³/mol. The first-order valence-corrected chi connectivity index (χ1v) is 7.68. The summed E-state index contributed by atoms with van der Waals surface area (Å²) < 4.78 is 10.7. The second-order valence-corrected chi connectivity index (χ2v) is 5.91. The zero-order chi connectivity index (χ0) is 15.5. The van der Waals surface area contributed by atoms with Crippen molar-refractivity contribution in [1.29, 1.82) is 0 Å². The van der Waals surface area contributed by atoms with Gasteiger partial charge in [0.05, 0.1) is 19.8 Å². The highest BCUT2D eigenvalue weighted by Crippen LogP contribution is 2.25. The van der Waals surface area contributed by atoms with E-state index in [0.717, 1.165) is 25.3 Å². The van der Waals surface area contributed by atoms with E-state index in [-0.39, 0.29) is 18.8 Å². The summed E-state index contributed by atoms with van der Waals surface area (Å²) in [4.78, 5) is 2.30. The van der Waals surface area contributed by atoms with Crippen molar-refractivity contribution in [2.45, 2.75) is 25.1 Å². The average molecular weight is 301 g/mol. The third-order valence-electron chi connectivity index (χ3n) is 4.53. The Morgan fingerprint density at radius 3 is 2.64 bits per heavy atom. The third kappa shape index (κ3) is 3.09. The maximum absolute atomic E-state index is 9.55. The van der Waals surface area contributed by atoms with Crippen molar-refractivity contribution in [2.75, 3.05) is 27.4 Å². The Kier molecular flexibility index (Phi) is 4.62. The molecule has 4 nitrogen and oxygen atoms in total. The number of methoxy groups -OCH3 is 2. The molecule has 0 aromatic heterocycles. The van der Waals surface area contributed by atoms with E-state index in [1.165, 1.54) is 16.3 Å². The van der Waals surface area contributed by atoms with Crippen LogP contribution in [0.1, 0.15) is 12.0 Å². The van der Waals surface area contributed by atoms with Crippen LogP contribution in [-0.4, -0.2) is 49.5 Å². The van der Waals surface area contributed by atoms with Gasteiger partial charge >= 0.3 is 0 Å². The Labute approximate surface area is 131 Å². The minimum absolute atomic E-state index is 0.185. The molecular formula is C18H23NO3. The van der Waals surface area contributed by atoms with Crippen molar-refractivity contribution in [2.24, 2.45) is 0 Å². The van der Waals surface area contributed by atoms with Crippen molar-refractivity contribution < 1.29 is 14.6 Å². The standard InChI is InChI=1S/C18H23NO3/c1-21-17-6-5-14-7-13(3-4-15(14)8-17)10-19-11-18(22-2)9-16(19)12-20/h3-8,16,18,20H,9-12H2,1-2H3/t16-,18+/m0/s1. The normalized spacial score (nSPS) is 22.3. The molecule has 3 rings (SSSR count). The molecule has 4 heteroatoms. The molecule has 22 heavy (non-hydrogen) atoms. The van der Waals surface area contributed by atoms with Crippen LogP contribution in [0.5, 0.6) is 5.75 Å². The highest BCUT2D eigenvalue weighted by molar-refractivity contribution is 5.84. The summed E-state index contributed by atoms with van der Waals surface area (Å²) in [7, 11) is 3.43. The number of likely N-dealkylation sites (tertiary alicyclic amines) is 1. The summed E-state index contributed by atoms with van der Waals surface area (Å²) in [5.41, 5.74) is 1.26. The third-order valence-corrected chi connectivity index (χ3v) is 4.53. The van der Waals surface area contributed by atoms with Crippen LogP contribution in [0, 0.1) is 0 Å². The van der Waals surface area contributed by atoms with Gasteiger partial charge in [-0.15, -0.1) is 0 Å². The molecule has 2 atom stereocenters. The number of hydrogen-bond donors (Lipinski definition) is 1. The maximum Gasteiger partial charge on any atom is 0.119 e. The molecule has 0 spiro atoms. The van der Waals surface area contributed by atoms with Crippen LogP contribution in [0.2, 0.25) is 0 Å². The SMILES string of the molecule is COc1ccc2cc(CN3C[C@H](OC)C[C@H]3CO)ccc2c1. The van der Waals surface area contributed by atoms with Gasteiger partial charge in [0.25, 0.3) is 0 Å². The van der Waals surface area contributed by atoms with Gasteiger partial charge in [0, 0.05) is 26.2 Å². The molecule has 1 fully saturated rings. The van der Waals surface area contributed by atoms with E-state index in [4.69, 9.17) is 9.47 Å². The van der Waals surface area contributed by atoms with Gasteiger partial charge in [0.1, 0.15) is 5.75 Å². The number of ether oxygens (including phenoxy) is 2. The first-order valence-electron chi connectivity index (χ1n) is 7.68. The van der Waals surface area contributed by atoms with Crippen molar-refractivity contribution in [1.82, 2.24) is 4.90 Å². The summed E-state index contributed by atoms with van der Waals surface area (Å²) in [5, 5.41) is 11.9. The first kappa shape index (κ1) is 15.3. The Morgan fingerprint density at radius 2 is 1.91 bits per heavy atom. The fourth-order valence-electron chi connectivity index (χ4n) is 3.23. The lowest BCUT2D eigenvalue weighted by Crippen LogP contribution is -2.31. The van der Waals surface area contributed by atoms with E-state index in [2.05, 4.69) is 29.2 Å². The summed E-state index contributed by atoms with van der Waals surface area (Å²) >= 11 is 0. The van der Waals surface area contributed by atoms with Crippen molar-refractivity contribution >= 4 is 10.8 Å². The second kappa shape index (κ2) is 6.65. The van der Waals surface area contributed by atoms with Crippen molar-refractivity contribution in [3.05, 3.63) is 42.0 Å². The van der Waals surface area contributed by atoms with Crippen molar-refractivity contribution in [3.63, 3.8) is 0 Å². The monoisotopic (exact) mass is 301 g/mol. The smallest absolute Gasteiger partial charge is 0.119 e. The van der Waals surface area contributed by atoms with Crippen molar-refractivity contribution in [3.8, 4) is 5.75 Å². The molecular weight excluding hydrogens is 278 g/mol. The Balaban J connectivity index is 1.79. The minimum Gasteiger partial charge on any atom is -0.497 e. The van der Waals surface area contributed by atoms with Gasteiger partial charge in [-0.25, -0.2) is 0 Å². The van der Waals surface area contributed by atoms with E-state index in [0.29, 0.717) is 0 Å². The second-order valence-electron chi connectivity index (χ2n) is 5.91. The summed E-state index contributed by atoms with van der Waals surface area (Å²) in [6.45, 7) is 1.90. The van der Waals surface area contributed by atoms with E-state index in [9.17, 15) is 5.11 Å². The predicted octanol–water partition coefficient (Wildman–Crippen LogP) is 2.43. The van der Waals surface area contributed by atoms with Crippen LogP contribution < -0.4 is 4.74 Å². The van der Waals surface area contributed by atoms with Crippen LogP contribution in [0.4, 0.5) is 0 Å². The topological polar surface area (TPSA) is 41.9 Å². The molecule has 0 bridgehead atoms. The number of aliphatic hydroxyl groups is 1. The molecule has 1 saturated heterocycles. The molecule has 0 amide bonds. The lowest BCUT2D eigenvalue weighted by Gasteiger charge is -2.22. The van der Waals surface area contributed by atoms with E-state index < -0.39 is 0 Å². The average Bonchev–Trinajstić information content (AvgIpc) is 2.96. The Morgan fingerprint density at radius 1 is 1.14 bits per heavy atom. The molecule has 0 saturated carbocycles. The zero-order valence-corrected chi connectivity index (χ0v) is 13.2. The molecule has 0 aliphatic carbocycles. The number of aliphatic hydroxyl groups excluding tert-OH is 1. The molecule has 118 valence electrons. The number of hydrogen-bond acceptors (Lipinski definition) is 4. The fraction of sp³-hybridized carbons (Fsp3) is 0.444. The highest BCUT2D eigenvalue weighted by Gasteiger charge is 2.31. The fourth-order valence-corrected chi connectivity index (χ4v) is 3.23. The zero-order valence-electron chi connectivity index (χ0n) is 13.2. The van der Waals surface area contributed by atoms with Gasteiger partial charge in [-0.3, -0.25) is 4.90 Å². The highest BCUT2D eigenvalue weighted by atomic mass is 16.5. The van der Waals surface area contributed by atoms with Gasteiger partial charge in [0.15, 0.2) is 0 Å². The number of rotatable bonds is 5. The van der Waals surface area contributed by atoms with Crippen LogP contribution in [-0.2, 0) is 11.3 Å². The minimum atomic E-state index is 0.185. The lowest BCUT2D eigenvalue weighted by atomic mass is 10.1. The quantitative estimate of drug-likeness (QED) is 0.921. The molecule has 2 aromatic rings. The van der Waals surface area contributed by atoms with Crippen LogP contribution in [0.15, 0.2) is 36.4 Å². The van der Waals surface area contributed by atoms with Crippen LogP contribution in [0.25, 0.3) is 10.8 Å². The number of benzene rings is 2. The molecule has 0 unspecified atom stereocenters. The summed E-state index contributed by atoms with van der Waals surface area (Å²) in [6, 6.07) is 12.8. The lowest BCUT2D eigenvalue weighted by molar-refractivity contribution is 0.107. The van der Waals surface area contributed by atoms with Gasteiger partial charge in [-0.1, -0.05) is 18.2 Å². The molecule has 1 aliphatic rings. The van der Waals surface area contributed by atoms with Gasteiger partial charge in [-0.2, -0.15) is 0 Å². The molecule has 1 N–H and O–H groups in total. The van der Waals surface area contributed by atoms with Gasteiger partial charge in [-0.05, 0) is 41.0 Å². The van der Waals surface area contributed by atoms with Gasteiger partial charge < -0.3 is 14.6 Å². The molecule has 0 radical (unpaired) electrons. The van der Waals surface area contributed by atoms with Gasteiger partial charge in [0.2, 0.25) is 0 Å². The van der Waals surface area contributed by atoms with E-state index in [1.807, 2.05) is 12.1 Å². The number of nitrogens with zero attached hydrogens (tertiary/aromatic N) is 1. The maximum atomic E-state index is 9.55. The Hall–Kier alpha value is -1.62. The Bertz CT molecular complexity index is 643. The number of fused-ring (bicyclic) bond motifs is 1. The van der Waals surface area contributed by atoms with E-state index >= 15 is 0 Å². The summed E-state index contributed by atoms with van der Waals surface area (Å²) in [5.74, 6) is 0.878. The van der Waals surface area contributed by atoms with Crippen LogP contribution in [0.3, 0.4) is 0 Å².